The predicted octanol–water partition coefficient (Wildman–Crippen LogP) is 3.37. The molecule has 2 heterocycles. The molecule has 1 N–H and O–H groups in total. The first kappa shape index (κ1) is 23.3. The van der Waals surface area contributed by atoms with Crippen LogP contribution in [-0.4, -0.2) is 54.3 Å². The van der Waals surface area contributed by atoms with Crippen LogP contribution in [0.4, 0.5) is 10.1 Å². The zero-order chi connectivity index (χ0) is 25.4. The number of fused-ring (bicyclic) bond motifs is 1. The standard InChI is InChI=1S/C27H24FN3O5/c1-35-19-12-6-16(7-13-19)14-15-30-26(33)22-23(20-4-3-5-21(36-2)25(20)32)29-31(24(22)27(30)34)18-10-8-17(28)9-11-18/h3-13,22,24,32H,14-15H2,1-2H3. The Bertz CT molecular complexity index is 1340. The van der Waals surface area contributed by atoms with E-state index in [-0.39, 0.29) is 23.8 Å². The van der Waals surface area contributed by atoms with Gasteiger partial charge in [0, 0.05) is 12.1 Å². The molecule has 0 saturated carbocycles. The lowest BCUT2D eigenvalue weighted by atomic mass is 9.92. The number of rotatable bonds is 7. The van der Waals surface area contributed by atoms with E-state index in [0.717, 1.165) is 11.3 Å². The minimum atomic E-state index is -0.945. The van der Waals surface area contributed by atoms with Crippen LogP contribution in [0, 0.1) is 11.7 Å². The Morgan fingerprint density at radius 1 is 0.944 bits per heavy atom. The summed E-state index contributed by atoms with van der Waals surface area (Å²) in [5.41, 5.74) is 1.96. The molecule has 1 fully saturated rings. The Balaban J connectivity index is 1.50. The number of nitrogens with zero attached hydrogens (tertiary/aromatic N) is 3. The molecular formula is C27H24FN3O5. The summed E-state index contributed by atoms with van der Waals surface area (Å²) < 4.78 is 24.0. The summed E-state index contributed by atoms with van der Waals surface area (Å²) in [5, 5.41) is 16.8. The maximum absolute atomic E-state index is 13.6. The number of amides is 2. The van der Waals surface area contributed by atoms with Crippen molar-refractivity contribution in [3.63, 3.8) is 0 Å². The van der Waals surface area contributed by atoms with E-state index in [1.807, 2.05) is 24.3 Å². The fourth-order valence-electron chi connectivity index (χ4n) is 4.65. The molecule has 2 atom stereocenters. The van der Waals surface area contributed by atoms with E-state index in [2.05, 4.69) is 5.10 Å². The Labute approximate surface area is 207 Å². The predicted molar refractivity (Wildman–Crippen MR) is 131 cm³/mol. The fourth-order valence-corrected chi connectivity index (χ4v) is 4.65. The highest BCUT2D eigenvalue weighted by Crippen LogP contribution is 2.41. The van der Waals surface area contributed by atoms with Gasteiger partial charge in [0.05, 0.1) is 25.6 Å². The minimum absolute atomic E-state index is 0.171. The molecule has 0 aliphatic carbocycles. The van der Waals surface area contributed by atoms with Gasteiger partial charge in [-0.05, 0) is 60.5 Å². The second kappa shape index (κ2) is 9.33. The van der Waals surface area contributed by atoms with Gasteiger partial charge in [-0.15, -0.1) is 0 Å². The van der Waals surface area contributed by atoms with Gasteiger partial charge >= 0.3 is 0 Å². The van der Waals surface area contributed by atoms with Crippen molar-refractivity contribution in [1.29, 1.82) is 0 Å². The van der Waals surface area contributed by atoms with Crippen LogP contribution in [0.3, 0.4) is 0 Å². The molecule has 2 amide bonds. The van der Waals surface area contributed by atoms with E-state index in [9.17, 15) is 19.1 Å². The number of benzene rings is 3. The molecule has 0 spiro atoms. The van der Waals surface area contributed by atoms with Gasteiger partial charge in [0.15, 0.2) is 11.5 Å². The van der Waals surface area contributed by atoms with Crippen molar-refractivity contribution in [3.8, 4) is 17.2 Å². The van der Waals surface area contributed by atoms with Crippen molar-refractivity contribution in [1.82, 2.24) is 4.90 Å². The number of anilines is 1. The average molecular weight is 490 g/mol. The highest BCUT2D eigenvalue weighted by Gasteiger charge is 2.57. The minimum Gasteiger partial charge on any atom is -0.504 e. The van der Waals surface area contributed by atoms with Crippen molar-refractivity contribution >= 4 is 23.2 Å². The number of carbonyl (C=O) groups is 2. The molecule has 0 aromatic heterocycles. The van der Waals surface area contributed by atoms with Crippen LogP contribution in [0.2, 0.25) is 0 Å². The topological polar surface area (TPSA) is 91.7 Å². The Hall–Kier alpha value is -4.40. The number of halogens is 1. The largest absolute Gasteiger partial charge is 0.504 e. The first-order valence-electron chi connectivity index (χ1n) is 11.4. The van der Waals surface area contributed by atoms with E-state index in [0.29, 0.717) is 17.7 Å². The fraction of sp³-hybridized carbons (Fsp3) is 0.222. The Kier molecular flexibility index (Phi) is 6.05. The van der Waals surface area contributed by atoms with Crippen LogP contribution in [-0.2, 0) is 16.0 Å². The number of phenols is 1. The molecule has 3 aromatic carbocycles. The van der Waals surface area contributed by atoms with Gasteiger partial charge in [-0.2, -0.15) is 5.10 Å². The average Bonchev–Trinajstić information content (AvgIpc) is 3.40. The molecule has 8 nitrogen and oxygen atoms in total. The maximum atomic E-state index is 13.6. The number of carbonyl (C=O) groups excluding carboxylic acids is 2. The van der Waals surface area contributed by atoms with Crippen LogP contribution >= 0.6 is 0 Å². The van der Waals surface area contributed by atoms with E-state index >= 15 is 0 Å². The molecule has 9 heteroatoms. The van der Waals surface area contributed by atoms with Gasteiger partial charge in [0.2, 0.25) is 5.91 Å². The van der Waals surface area contributed by atoms with E-state index in [1.54, 1.807) is 25.3 Å². The van der Waals surface area contributed by atoms with Crippen molar-refractivity contribution in [3.05, 3.63) is 83.7 Å². The van der Waals surface area contributed by atoms with Crippen LogP contribution < -0.4 is 14.5 Å². The Morgan fingerprint density at radius 2 is 1.67 bits per heavy atom. The zero-order valence-corrected chi connectivity index (χ0v) is 19.7. The second-order valence-electron chi connectivity index (χ2n) is 8.51. The van der Waals surface area contributed by atoms with Crippen LogP contribution in [0.25, 0.3) is 0 Å². The smallest absolute Gasteiger partial charge is 0.255 e. The Morgan fingerprint density at radius 3 is 2.33 bits per heavy atom. The molecule has 3 aromatic rings. The lowest BCUT2D eigenvalue weighted by Gasteiger charge is -2.22. The summed E-state index contributed by atoms with van der Waals surface area (Å²) in [6, 6.07) is 16.9. The van der Waals surface area contributed by atoms with Gasteiger partial charge in [0.1, 0.15) is 23.5 Å². The van der Waals surface area contributed by atoms with Crippen molar-refractivity contribution in [2.75, 3.05) is 25.8 Å². The maximum Gasteiger partial charge on any atom is 0.255 e. The van der Waals surface area contributed by atoms with E-state index < -0.39 is 29.6 Å². The zero-order valence-electron chi connectivity index (χ0n) is 19.7. The number of hydrogen-bond acceptors (Lipinski definition) is 7. The van der Waals surface area contributed by atoms with Crippen LogP contribution in [0.15, 0.2) is 71.8 Å². The highest BCUT2D eigenvalue weighted by atomic mass is 19.1. The number of phenolic OH excluding ortho intramolecular Hbond substituents is 1. The molecule has 2 unspecified atom stereocenters. The number of para-hydroxylation sites is 1. The van der Waals surface area contributed by atoms with Crippen molar-refractivity contribution < 1.29 is 28.6 Å². The highest BCUT2D eigenvalue weighted by molar-refractivity contribution is 6.26. The molecule has 2 aliphatic heterocycles. The van der Waals surface area contributed by atoms with Crippen LogP contribution in [0.5, 0.6) is 17.2 Å². The number of aromatic hydroxyl groups is 1. The molecular weight excluding hydrogens is 465 g/mol. The van der Waals surface area contributed by atoms with Crippen molar-refractivity contribution in [2.24, 2.45) is 11.0 Å². The molecule has 0 radical (unpaired) electrons. The van der Waals surface area contributed by atoms with E-state index in [1.165, 1.54) is 41.3 Å². The monoisotopic (exact) mass is 489 g/mol. The molecule has 5 rings (SSSR count). The molecule has 2 aliphatic rings. The molecule has 0 bridgehead atoms. The number of ether oxygens (including phenoxy) is 2. The third kappa shape index (κ3) is 3.92. The normalized spacial score (nSPS) is 18.9. The van der Waals surface area contributed by atoms with E-state index in [4.69, 9.17) is 9.47 Å². The van der Waals surface area contributed by atoms with Gasteiger partial charge in [0.25, 0.3) is 5.91 Å². The number of hydrazone groups is 1. The SMILES string of the molecule is COc1ccc(CCN2C(=O)C3C(c4cccc(OC)c4O)=NN(c4ccc(F)cc4)C3C2=O)cc1. The number of imide groups is 1. The quantitative estimate of drug-likeness (QED) is 0.512. The first-order valence-corrected chi connectivity index (χ1v) is 11.4. The van der Waals surface area contributed by atoms with Crippen molar-refractivity contribution in [2.45, 2.75) is 12.5 Å². The lowest BCUT2D eigenvalue weighted by Crippen LogP contribution is -2.39. The second-order valence-corrected chi connectivity index (χ2v) is 8.51. The lowest BCUT2D eigenvalue weighted by molar-refractivity contribution is -0.139. The van der Waals surface area contributed by atoms with Crippen LogP contribution in [0.1, 0.15) is 11.1 Å². The number of likely N-dealkylation sites (tertiary alicyclic amines) is 1. The summed E-state index contributed by atoms with van der Waals surface area (Å²) in [5.74, 6) is -1.39. The summed E-state index contributed by atoms with van der Waals surface area (Å²) in [6.07, 6.45) is 0.467. The third-order valence-electron chi connectivity index (χ3n) is 6.51. The molecule has 184 valence electrons. The molecule has 1 saturated heterocycles. The first-order chi connectivity index (χ1) is 17.4. The summed E-state index contributed by atoms with van der Waals surface area (Å²) >= 11 is 0. The summed E-state index contributed by atoms with van der Waals surface area (Å²) in [4.78, 5) is 28.4. The third-order valence-corrected chi connectivity index (χ3v) is 6.51. The number of hydrogen-bond donors (Lipinski definition) is 1. The number of methoxy groups -OCH3 is 2. The van der Waals surface area contributed by atoms with Gasteiger partial charge in [-0.25, -0.2) is 4.39 Å². The van der Waals surface area contributed by atoms with Gasteiger partial charge < -0.3 is 14.6 Å². The van der Waals surface area contributed by atoms with Gasteiger partial charge in [-0.3, -0.25) is 19.5 Å². The molecule has 36 heavy (non-hydrogen) atoms. The summed E-state index contributed by atoms with van der Waals surface area (Å²) in [6.45, 7) is 0.186. The summed E-state index contributed by atoms with van der Waals surface area (Å²) in [7, 11) is 3.01. The van der Waals surface area contributed by atoms with Gasteiger partial charge in [-0.1, -0.05) is 18.2 Å².